The number of sulfone groups is 1. The van der Waals surface area contributed by atoms with Gasteiger partial charge in [0, 0.05) is 29.7 Å². The Hall–Kier alpha value is -2.07. The number of hydrogen-bond acceptors (Lipinski definition) is 4. The number of alkyl halides is 2. The average molecular weight is 447 g/mol. The lowest BCUT2D eigenvalue weighted by atomic mass is 10.1. The zero-order valence-electron chi connectivity index (χ0n) is 15.0. The van der Waals surface area contributed by atoms with Crippen molar-refractivity contribution in [1.29, 1.82) is 0 Å². The summed E-state index contributed by atoms with van der Waals surface area (Å²) in [6, 6.07) is 8.03. The zero-order valence-corrected chi connectivity index (χ0v) is 16.7. The highest BCUT2D eigenvalue weighted by atomic mass is 32.2. The van der Waals surface area contributed by atoms with Crippen LogP contribution in [0.2, 0.25) is 0 Å². The van der Waals surface area contributed by atoms with Gasteiger partial charge in [-0.2, -0.15) is 20.5 Å². The first-order chi connectivity index (χ1) is 13.7. The Labute approximate surface area is 169 Å². The second-order valence-electron chi connectivity index (χ2n) is 6.41. The molecule has 0 bridgehead atoms. The van der Waals surface area contributed by atoms with Crippen LogP contribution in [0.25, 0.3) is 0 Å². The van der Waals surface area contributed by atoms with Gasteiger partial charge in [0.2, 0.25) is 9.84 Å². The van der Waals surface area contributed by atoms with E-state index in [1.807, 2.05) is 0 Å². The summed E-state index contributed by atoms with van der Waals surface area (Å²) in [5.41, 5.74) is -0.127. The fraction of sp³-hybridized carbons (Fsp3) is 0.316. The van der Waals surface area contributed by atoms with Crippen molar-refractivity contribution < 1.29 is 30.8 Å². The number of halogens is 4. The molecule has 1 amide bonds. The first-order valence-corrected chi connectivity index (χ1v) is 11.3. The second-order valence-corrected chi connectivity index (χ2v) is 9.60. The Morgan fingerprint density at radius 3 is 2.55 bits per heavy atom. The van der Waals surface area contributed by atoms with Crippen molar-refractivity contribution in [3.63, 3.8) is 0 Å². The number of nitrogens with zero attached hydrogens (tertiary/aromatic N) is 1. The predicted molar refractivity (Wildman–Crippen MR) is 102 cm³/mol. The molecule has 1 unspecified atom stereocenters. The minimum atomic E-state index is -4.94. The minimum Gasteiger partial charge on any atom is -0.338 e. The van der Waals surface area contributed by atoms with Gasteiger partial charge in [0.1, 0.15) is 11.6 Å². The molecule has 0 radical (unpaired) electrons. The van der Waals surface area contributed by atoms with Gasteiger partial charge in [0.05, 0.1) is 10.5 Å². The molecule has 1 aliphatic heterocycles. The molecule has 156 valence electrons. The molecule has 3 rings (SSSR count). The molecule has 29 heavy (non-hydrogen) atoms. The van der Waals surface area contributed by atoms with E-state index in [0.29, 0.717) is 12.2 Å². The van der Waals surface area contributed by atoms with Gasteiger partial charge in [0.25, 0.3) is 5.91 Å². The first-order valence-electron chi connectivity index (χ1n) is 8.68. The lowest BCUT2D eigenvalue weighted by molar-refractivity contribution is 0.0762. The van der Waals surface area contributed by atoms with Crippen LogP contribution in [-0.2, 0) is 9.84 Å². The number of carbonyl (C=O) groups is 1. The van der Waals surface area contributed by atoms with E-state index in [4.69, 9.17) is 0 Å². The van der Waals surface area contributed by atoms with Crippen LogP contribution in [0.5, 0.6) is 0 Å². The molecular formula is C19H17F4NO3S2. The van der Waals surface area contributed by atoms with Gasteiger partial charge in [-0.05, 0) is 36.8 Å². The molecule has 2 aromatic rings. The van der Waals surface area contributed by atoms with Crippen LogP contribution in [-0.4, -0.2) is 43.8 Å². The summed E-state index contributed by atoms with van der Waals surface area (Å²) in [4.78, 5) is 13.5. The average Bonchev–Trinajstić information content (AvgIpc) is 2.95. The molecule has 4 nitrogen and oxygen atoms in total. The van der Waals surface area contributed by atoms with E-state index >= 15 is 0 Å². The molecule has 0 aliphatic carbocycles. The Morgan fingerprint density at radius 2 is 1.83 bits per heavy atom. The molecule has 0 N–H and O–H groups in total. The summed E-state index contributed by atoms with van der Waals surface area (Å²) in [7, 11) is -4.94. The lowest BCUT2D eigenvalue weighted by Gasteiger charge is -2.22. The number of thioether (sulfide) groups is 1. The Balaban J connectivity index is 1.83. The lowest BCUT2D eigenvalue weighted by Crippen LogP contribution is -2.34. The molecule has 0 aromatic heterocycles. The fourth-order valence-electron chi connectivity index (χ4n) is 3.14. The van der Waals surface area contributed by atoms with Crippen LogP contribution in [0.15, 0.2) is 47.4 Å². The molecule has 0 spiro atoms. The molecule has 1 aliphatic rings. The van der Waals surface area contributed by atoms with Gasteiger partial charge >= 0.3 is 5.76 Å². The minimum absolute atomic E-state index is 0.148. The first kappa shape index (κ1) is 21.6. The third-order valence-corrected chi connectivity index (χ3v) is 7.34. The van der Waals surface area contributed by atoms with Crippen LogP contribution in [0.4, 0.5) is 17.6 Å². The summed E-state index contributed by atoms with van der Waals surface area (Å²) in [5, 5.41) is -0.386. The van der Waals surface area contributed by atoms with Gasteiger partial charge in [0.15, 0.2) is 0 Å². The molecule has 1 fully saturated rings. The second kappa shape index (κ2) is 8.74. The van der Waals surface area contributed by atoms with Crippen LogP contribution in [0.1, 0.15) is 27.6 Å². The largest absolute Gasteiger partial charge is 0.341 e. The predicted octanol–water partition coefficient (Wildman–Crippen LogP) is 4.28. The number of rotatable bonds is 4. The molecular weight excluding hydrogens is 430 g/mol. The maximum atomic E-state index is 14.1. The molecule has 1 heterocycles. The van der Waals surface area contributed by atoms with Crippen molar-refractivity contribution in [2.75, 3.05) is 18.8 Å². The summed E-state index contributed by atoms with van der Waals surface area (Å²) < 4.78 is 77.3. The van der Waals surface area contributed by atoms with Gasteiger partial charge in [-0.3, -0.25) is 4.79 Å². The van der Waals surface area contributed by atoms with E-state index in [-0.39, 0.29) is 29.5 Å². The molecule has 2 aromatic carbocycles. The normalized spacial score (nSPS) is 18.0. The van der Waals surface area contributed by atoms with Crippen LogP contribution < -0.4 is 0 Å². The molecule has 10 heteroatoms. The SMILES string of the molecule is O=C(c1ccccc1S(=O)(=O)C(F)F)N1CCSC(c2cc(F)ccc2F)CC1. The van der Waals surface area contributed by atoms with Crippen molar-refractivity contribution in [2.24, 2.45) is 0 Å². The quantitative estimate of drug-likeness (QED) is 0.657. The maximum absolute atomic E-state index is 14.1. The third-order valence-electron chi connectivity index (χ3n) is 4.59. The van der Waals surface area contributed by atoms with Crippen LogP contribution >= 0.6 is 11.8 Å². The van der Waals surface area contributed by atoms with Crippen LogP contribution in [0, 0.1) is 11.6 Å². The van der Waals surface area contributed by atoms with E-state index in [1.54, 1.807) is 0 Å². The summed E-state index contributed by atoms with van der Waals surface area (Å²) in [6.45, 7) is 0.371. The van der Waals surface area contributed by atoms with Crippen molar-refractivity contribution in [3.05, 3.63) is 65.2 Å². The highest BCUT2D eigenvalue weighted by Crippen LogP contribution is 2.36. The van der Waals surface area contributed by atoms with Gasteiger partial charge in [-0.25, -0.2) is 17.2 Å². The Morgan fingerprint density at radius 1 is 1.10 bits per heavy atom. The number of hydrogen-bond donors (Lipinski definition) is 0. The highest BCUT2D eigenvalue weighted by Gasteiger charge is 2.33. The van der Waals surface area contributed by atoms with E-state index < -0.39 is 38.0 Å². The van der Waals surface area contributed by atoms with Gasteiger partial charge in [-0.1, -0.05) is 12.1 Å². The number of amides is 1. The molecule has 1 atom stereocenters. The number of carbonyl (C=O) groups excluding carboxylic acids is 1. The Kier molecular flexibility index (Phi) is 6.52. The third kappa shape index (κ3) is 4.58. The van der Waals surface area contributed by atoms with Crippen molar-refractivity contribution in [2.45, 2.75) is 22.3 Å². The monoisotopic (exact) mass is 447 g/mol. The zero-order chi connectivity index (χ0) is 21.2. The fourth-order valence-corrected chi connectivity index (χ4v) is 5.31. The highest BCUT2D eigenvalue weighted by molar-refractivity contribution is 7.99. The van der Waals surface area contributed by atoms with E-state index in [2.05, 4.69) is 0 Å². The van der Waals surface area contributed by atoms with Crippen molar-refractivity contribution >= 4 is 27.5 Å². The van der Waals surface area contributed by atoms with Crippen molar-refractivity contribution in [1.82, 2.24) is 4.90 Å². The summed E-state index contributed by atoms with van der Waals surface area (Å²) in [5.74, 6) is -5.04. The van der Waals surface area contributed by atoms with Gasteiger partial charge in [-0.15, -0.1) is 0 Å². The summed E-state index contributed by atoms with van der Waals surface area (Å²) in [6.07, 6.45) is 0.306. The van der Waals surface area contributed by atoms with E-state index in [1.165, 1.54) is 34.9 Å². The van der Waals surface area contributed by atoms with Crippen LogP contribution in [0.3, 0.4) is 0 Å². The van der Waals surface area contributed by atoms with E-state index in [0.717, 1.165) is 24.3 Å². The molecule has 0 saturated carbocycles. The topological polar surface area (TPSA) is 54.5 Å². The van der Waals surface area contributed by atoms with Gasteiger partial charge < -0.3 is 4.90 Å². The standard InChI is InChI=1S/C19H17F4NO3S2/c20-12-5-6-15(21)14(11-12)16-7-8-24(9-10-28-16)18(25)13-3-1-2-4-17(13)29(26,27)19(22)23/h1-6,11,16,19H,7-10H2. The Bertz CT molecular complexity index is 1010. The smallest absolute Gasteiger partial charge is 0.338 e. The summed E-state index contributed by atoms with van der Waals surface area (Å²) >= 11 is 1.35. The van der Waals surface area contributed by atoms with Crippen molar-refractivity contribution in [3.8, 4) is 0 Å². The molecule has 1 saturated heterocycles. The number of benzene rings is 2. The maximum Gasteiger partial charge on any atom is 0.341 e. The van der Waals surface area contributed by atoms with E-state index in [9.17, 15) is 30.8 Å².